The van der Waals surface area contributed by atoms with Crippen LogP contribution in [0.15, 0.2) is 66.3 Å². The first-order valence-electron chi connectivity index (χ1n) is 10.6. The quantitative estimate of drug-likeness (QED) is 0.143. The number of thioether (sulfide) groups is 1. The van der Waals surface area contributed by atoms with Gasteiger partial charge in [0.05, 0.1) is 24.4 Å². The Hall–Kier alpha value is -4.23. The van der Waals surface area contributed by atoms with E-state index in [9.17, 15) is 24.8 Å². The zero-order chi connectivity index (χ0) is 26.1. The average molecular weight is 513 g/mol. The first-order valence-corrected chi connectivity index (χ1v) is 11.6. The number of carbonyl (C=O) groups excluding carboxylic acids is 2. The summed E-state index contributed by atoms with van der Waals surface area (Å²) in [4.78, 5) is 35.3. The van der Waals surface area contributed by atoms with E-state index in [4.69, 9.17) is 4.74 Å². The summed E-state index contributed by atoms with van der Waals surface area (Å²) in [5.41, 5.74) is 0.715. The smallest absolute Gasteiger partial charge is 0.269 e. The fraction of sp³-hybridized carbons (Fsp3) is 0.217. The number of aliphatic hydroxyl groups excluding tert-OH is 1. The summed E-state index contributed by atoms with van der Waals surface area (Å²) in [6.07, 6.45) is 1.60. The number of hydrogen-bond donors (Lipinski definition) is 3. The molecule has 0 saturated heterocycles. The molecule has 3 rings (SSSR count). The molecule has 1 heterocycles. The molecule has 13 heteroatoms. The van der Waals surface area contributed by atoms with Gasteiger partial charge in [-0.15, -0.1) is 16.8 Å². The van der Waals surface area contributed by atoms with Crippen LogP contribution in [0, 0.1) is 10.1 Å². The van der Waals surface area contributed by atoms with Gasteiger partial charge in [0.1, 0.15) is 11.8 Å². The molecule has 3 N–H and O–H groups in total. The molecule has 36 heavy (non-hydrogen) atoms. The lowest BCUT2D eigenvalue weighted by Gasteiger charge is -2.17. The Morgan fingerprint density at radius 1 is 1.22 bits per heavy atom. The summed E-state index contributed by atoms with van der Waals surface area (Å²) in [7, 11) is 1.53. The van der Waals surface area contributed by atoms with Crippen molar-refractivity contribution in [3.8, 4) is 5.75 Å². The molecule has 188 valence electrons. The number of benzene rings is 2. The molecule has 0 radical (unpaired) electrons. The lowest BCUT2D eigenvalue weighted by Crippen LogP contribution is -2.33. The molecule has 2 aromatic carbocycles. The number of carbonyl (C=O) groups is 2. The Morgan fingerprint density at radius 2 is 1.92 bits per heavy atom. The van der Waals surface area contributed by atoms with Crippen molar-refractivity contribution in [1.82, 2.24) is 20.1 Å². The molecule has 0 unspecified atom stereocenters. The molecule has 3 aromatic rings. The summed E-state index contributed by atoms with van der Waals surface area (Å²) in [5, 5.41) is 34.7. The maximum atomic E-state index is 12.7. The van der Waals surface area contributed by atoms with Crippen LogP contribution in [0.2, 0.25) is 0 Å². The van der Waals surface area contributed by atoms with Crippen molar-refractivity contribution >= 4 is 35.0 Å². The highest BCUT2D eigenvalue weighted by atomic mass is 32.2. The minimum Gasteiger partial charge on any atom is -0.497 e. The van der Waals surface area contributed by atoms with Gasteiger partial charge in [-0.05, 0) is 36.4 Å². The molecule has 2 amide bonds. The number of anilines is 1. The van der Waals surface area contributed by atoms with Crippen LogP contribution in [0.5, 0.6) is 5.75 Å². The van der Waals surface area contributed by atoms with Gasteiger partial charge in [0, 0.05) is 29.9 Å². The molecule has 1 aromatic heterocycles. The van der Waals surface area contributed by atoms with E-state index in [0.717, 1.165) is 11.8 Å². The van der Waals surface area contributed by atoms with Crippen LogP contribution in [0.3, 0.4) is 0 Å². The van der Waals surface area contributed by atoms with Crippen LogP contribution in [0.4, 0.5) is 11.4 Å². The van der Waals surface area contributed by atoms with Crippen molar-refractivity contribution in [3.63, 3.8) is 0 Å². The van der Waals surface area contributed by atoms with Crippen molar-refractivity contribution in [2.24, 2.45) is 0 Å². The zero-order valence-electron chi connectivity index (χ0n) is 19.3. The predicted octanol–water partition coefficient (Wildman–Crippen LogP) is 2.58. The second kappa shape index (κ2) is 12.5. The van der Waals surface area contributed by atoms with E-state index >= 15 is 0 Å². The molecule has 0 bridgehead atoms. The van der Waals surface area contributed by atoms with Gasteiger partial charge >= 0.3 is 0 Å². The van der Waals surface area contributed by atoms with Crippen molar-refractivity contribution < 1.29 is 24.4 Å². The molecule has 0 spiro atoms. The number of non-ortho nitro benzene ring substituents is 1. The summed E-state index contributed by atoms with van der Waals surface area (Å²) in [6.45, 7) is 3.58. The summed E-state index contributed by atoms with van der Waals surface area (Å²) in [5.74, 6) is 0.123. The van der Waals surface area contributed by atoms with E-state index < -0.39 is 23.5 Å². The fourth-order valence-corrected chi connectivity index (χ4v) is 3.89. The molecule has 0 aliphatic carbocycles. The van der Waals surface area contributed by atoms with Crippen molar-refractivity contribution in [2.75, 3.05) is 24.8 Å². The standard InChI is InChI=1S/C23H24N6O6S/c1-3-12-28-21(19(13-30)25-22(32)15-4-10-18(35-2)11-5-15)26-27-23(28)36-14-20(31)24-16-6-8-17(9-7-16)29(33)34/h3-11,19,30H,1,12-14H2,2H3,(H,24,31)(H,25,32)/t19-/m0/s1. The van der Waals surface area contributed by atoms with Gasteiger partial charge in [0.15, 0.2) is 11.0 Å². The number of ether oxygens (including phenoxy) is 1. The minimum atomic E-state index is -0.852. The normalized spacial score (nSPS) is 11.4. The van der Waals surface area contributed by atoms with Crippen LogP contribution < -0.4 is 15.4 Å². The fourth-order valence-electron chi connectivity index (χ4n) is 3.13. The molecule has 12 nitrogen and oxygen atoms in total. The highest BCUT2D eigenvalue weighted by Crippen LogP contribution is 2.22. The Kier molecular flexibility index (Phi) is 9.13. The number of amides is 2. The number of nitrogens with one attached hydrogen (secondary N) is 2. The van der Waals surface area contributed by atoms with Gasteiger partial charge < -0.3 is 25.0 Å². The monoisotopic (exact) mass is 512 g/mol. The number of nitrogens with zero attached hydrogens (tertiary/aromatic N) is 4. The van der Waals surface area contributed by atoms with Crippen LogP contribution in [-0.4, -0.2) is 56.1 Å². The number of aromatic nitrogens is 3. The summed E-state index contributed by atoms with van der Waals surface area (Å²) in [6, 6.07) is 11.1. The topological polar surface area (TPSA) is 162 Å². The maximum absolute atomic E-state index is 12.7. The molecule has 0 saturated carbocycles. The van der Waals surface area contributed by atoms with Gasteiger partial charge in [-0.2, -0.15) is 0 Å². The third kappa shape index (κ3) is 6.67. The van der Waals surface area contributed by atoms with Gasteiger partial charge in [-0.1, -0.05) is 17.8 Å². The number of aliphatic hydroxyl groups is 1. The lowest BCUT2D eigenvalue weighted by molar-refractivity contribution is -0.384. The lowest BCUT2D eigenvalue weighted by atomic mass is 10.2. The Morgan fingerprint density at radius 3 is 2.50 bits per heavy atom. The largest absolute Gasteiger partial charge is 0.497 e. The third-order valence-electron chi connectivity index (χ3n) is 4.90. The highest BCUT2D eigenvalue weighted by molar-refractivity contribution is 7.99. The van der Waals surface area contributed by atoms with Crippen LogP contribution in [0.1, 0.15) is 22.2 Å². The van der Waals surface area contributed by atoms with E-state index in [2.05, 4.69) is 27.4 Å². The van der Waals surface area contributed by atoms with Crippen LogP contribution in [0.25, 0.3) is 0 Å². The van der Waals surface area contributed by atoms with Gasteiger partial charge in [-0.3, -0.25) is 19.7 Å². The Labute approximate surface area is 210 Å². The van der Waals surface area contributed by atoms with E-state index in [1.807, 2.05) is 0 Å². The van der Waals surface area contributed by atoms with E-state index in [-0.39, 0.29) is 23.9 Å². The SMILES string of the molecule is C=CCn1c(SCC(=O)Nc2ccc([N+](=O)[O-])cc2)nnc1[C@H](CO)NC(=O)c1ccc(OC)cc1. The van der Waals surface area contributed by atoms with Crippen molar-refractivity contribution in [1.29, 1.82) is 0 Å². The molecule has 0 aliphatic heterocycles. The van der Waals surface area contributed by atoms with Crippen molar-refractivity contribution in [2.45, 2.75) is 17.7 Å². The van der Waals surface area contributed by atoms with Gasteiger partial charge in [-0.25, -0.2) is 0 Å². The van der Waals surface area contributed by atoms with E-state index in [0.29, 0.717) is 28.0 Å². The number of rotatable bonds is 12. The second-order valence-electron chi connectivity index (χ2n) is 7.32. The number of nitro benzene ring substituents is 1. The summed E-state index contributed by atoms with van der Waals surface area (Å²) >= 11 is 1.10. The zero-order valence-corrected chi connectivity index (χ0v) is 20.1. The Bertz CT molecular complexity index is 1230. The Balaban J connectivity index is 1.67. The highest BCUT2D eigenvalue weighted by Gasteiger charge is 2.23. The van der Waals surface area contributed by atoms with Gasteiger partial charge in [0.25, 0.3) is 11.6 Å². The number of nitro groups is 1. The second-order valence-corrected chi connectivity index (χ2v) is 8.26. The first kappa shape index (κ1) is 26.4. The van der Waals surface area contributed by atoms with E-state index in [1.54, 1.807) is 34.9 Å². The van der Waals surface area contributed by atoms with E-state index in [1.165, 1.54) is 31.4 Å². The van der Waals surface area contributed by atoms with Crippen LogP contribution >= 0.6 is 11.8 Å². The molecule has 0 aliphatic rings. The first-order chi connectivity index (χ1) is 17.4. The number of hydrogen-bond acceptors (Lipinski definition) is 9. The van der Waals surface area contributed by atoms with Gasteiger partial charge in [0.2, 0.25) is 5.91 Å². The predicted molar refractivity (Wildman–Crippen MR) is 133 cm³/mol. The third-order valence-corrected chi connectivity index (χ3v) is 5.87. The average Bonchev–Trinajstić information content (AvgIpc) is 3.28. The molecular formula is C23H24N6O6S. The minimum absolute atomic E-state index is 0.0196. The molecular weight excluding hydrogens is 488 g/mol. The summed E-state index contributed by atoms with van der Waals surface area (Å²) < 4.78 is 6.74. The maximum Gasteiger partial charge on any atom is 0.269 e. The number of allylic oxidation sites excluding steroid dienone is 1. The molecule has 0 fully saturated rings. The van der Waals surface area contributed by atoms with Crippen LogP contribution in [-0.2, 0) is 11.3 Å². The number of methoxy groups -OCH3 is 1. The van der Waals surface area contributed by atoms with Crippen molar-refractivity contribution in [3.05, 3.63) is 82.7 Å². The molecule has 1 atom stereocenters.